The van der Waals surface area contributed by atoms with E-state index in [1.165, 1.54) is 0 Å². The Balaban J connectivity index is 2.37. The third-order valence-corrected chi connectivity index (χ3v) is 3.50. The minimum atomic E-state index is -0.975. The second kappa shape index (κ2) is 5.54. The van der Waals surface area contributed by atoms with Crippen LogP contribution in [0.15, 0.2) is 24.3 Å². The minimum absolute atomic E-state index is 0.224. The van der Waals surface area contributed by atoms with Crippen LogP contribution in [0.5, 0.6) is 0 Å². The van der Waals surface area contributed by atoms with Crippen LogP contribution in [0.2, 0.25) is 5.02 Å². The SMILES string of the molecule is Cc1nn(C)c(N(C)Cc2ccccc2Cl)c1C(=O)O. The van der Waals surface area contributed by atoms with Crippen LogP contribution in [0, 0.1) is 6.92 Å². The van der Waals surface area contributed by atoms with Gasteiger partial charge in [-0.3, -0.25) is 4.68 Å². The third kappa shape index (κ3) is 2.63. The number of carboxylic acid groups (broad SMARTS) is 1. The Kier molecular flexibility index (Phi) is 3.99. The van der Waals surface area contributed by atoms with Gasteiger partial charge in [-0.15, -0.1) is 0 Å². The molecule has 0 amide bonds. The van der Waals surface area contributed by atoms with Gasteiger partial charge in [-0.25, -0.2) is 4.79 Å². The van der Waals surface area contributed by atoms with Crippen LogP contribution in [0.4, 0.5) is 5.82 Å². The molecule has 0 saturated carbocycles. The van der Waals surface area contributed by atoms with E-state index < -0.39 is 5.97 Å². The van der Waals surface area contributed by atoms with Gasteiger partial charge in [-0.05, 0) is 18.6 Å². The highest BCUT2D eigenvalue weighted by Crippen LogP contribution is 2.25. The van der Waals surface area contributed by atoms with Gasteiger partial charge >= 0.3 is 5.97 Å². The van der Waals surface area contributed by atoms with Crippen LogP contribution < -0.4 is 4.90 Å². The molecule has 2 aromatic rings. The third-order valence-electron chi connectivity index (χ3n) is 3.13. The maximum Gasteiger partial charge on any atom is 0.341 e. The van der Waals surface area contributed by atoms with E-state index in [4.69, 9.17) is 11.6 Å². The Hall–Kier alpha value is -2.01. The molecule has 0 bridgehead atoms. The predicted molar refractivity (Wildman–Crippen MR) is 78.5 cm³/mol. The molecule has 106 valence electrons. The largest absolute Gasteiger partial charge is 0.477 e. The standard InChI is InChI=1S/C14H16ClN3O2/c1-9-12(14(19)20)13(18(3)16-9)17(2)8-10-6-4-5-7-11(10)15/h4-7H,8H2,1-3H3,(H,19,20). The first-order valence-electron chi connectivity index (χ1n) is 6.13. The van der Waals surface area contributed by atoms with Crippen molar-refractivity contribution < 1.29 is 9.90 Å². The lowest BCUT2D eigenvalue weighted by Gasteiger charge is -2.20. The van der Waals surface area contributed by atoms with Crippen molar-refractivity contribution in [1.29, 1.82) is 0 Å². The van der Waals surface area contributed by atoms with Crippen molar-refractivity contribution in [2.45, 2.75) is 13.5 Å². The molecule has 1 aromatic carbocycles. The lowest BCUT2D eigenvalue weighted by Crippen LogP contribution is -2.22. The normalized spacial score (nSPS) is 10.6. The van der Waals surface area contributed by atoms with E-state index in [2.05, 4.69) is 5.10 Å². The summed E-state index contributed by atoms with van der Waals surface area (Å²) in [6.45, 7) is 2.20. The van der Waals surface area contributed by atoms with E-state index >= 15 is 0 Å². The van der Waals surface area contributed by atoms with Crippen molar-refractivity contribution in [2.75, 3.05) is 11.9 Å². The first-order chi connectivity index (χ1) is 9.41. The quantitative estimate of drug-likeness (QED) is 0.941. The minimum Gasteiger partial charge on any atom is -0.477 e. The molecule has 0 aliphatic heterocycles. The van der Waals surface area contributed by atoms with E-state index in [1.807, 2.05) is 36.2 Å². The second-order valence-electron chi connectivity index (χ2n) is 4.66. The molecule has 0 saturated heterocycles. The molecular weight excluding hydrogens is 278 g/mol. The molecule has 1 aromatic heterocycles. The number of aryl methyl sites for hydroxylation is 2. The van der Waals surface area contributed by atoms with Crippen LogP contribution in [0.1, 0.15) is 21.6 Å². The maximum atomic E-state index is 11.4. The fourth-order valence-electron chi connectivity index (χ4n) is 2.29. The number of anilines is 1. The summed E-state index contributed by atoms with van der Waals surface area (Å²) in [4.78, 5) is 13.2. The fraction of sp³-hybridized carbons (Fsp3) is 0.286. The van der Waals surface area contributed by atoms with Crippen molar-refractivity contribution in [1.82, 2.24) is 9.78 Å². The molecule has 0 spiro atoms. The van der Waals surface area contributed by atoms with Crippen molar-refractivity contribution in [2.24, 2.45) is 7.05 Å². The molecule has 0 aliphatic rings. The number of hydrogen-bond acceptors (Lipinski definition) is 3. The Morgan fingerprint density at radius 2 is 2.10 bits per heavy atom. The number of carbonyl (C=O) groups is 1. The van der Waals surface area contributed by atoms with E-state index in [0.717, 1.165) is 5.56 Å². The molecule has 0 unspecified atom stereocenters. The van der Waals surface area contributed by atoms with Gasteiger partial charge in [0.1, 0.15) is 11.4 Å². The monoisotopic (exact) mass is 293 g/mol. The van der Waals surface area contributed by atoms with Crippen LogP contribution in [0.25, 0.3) is 0 Å². The number of rotatable bonds is 4. The molecule has 1 heterocycles. The number of halogens is 1. The maximum absolute atomic E-state index is 11.4. The van der Waals surface area contributed by atoms with Gasteiger partial charge in [0, 0.05) is 25.7 Å². The number of aromatic carboxylic acids is 1. The molecular formula is C14H16ClN3O2. The fourth-order valence-corrected chi connectivity index (χ4v) is 2.49. The number of carboxylic acids is 1. The van der Waals surface area contributed by atoms with Gasteiger partial charge in [-0.1, -0.05) is 29.8 Å². The molecule has 6 heteroatoms. The van der Waals surface area contributed by atoms with E-state index in [9.17, 15) is 9.90 Å². The zero-order valence-corrected chi connectivity index (χ0v) is 12.3. The van der Waals surface area contributed by atoms with Crippen LogP contribution >= 0.6 is 11.6 Å². The smallest absolute Gasteiger partial charge is 0.341 e. The van der Waals surface area contributed by atoms with Crippen molar-refractivity contribution in [3.8, 4) is 0 Å². The van der Waals surface area contributed by atoms with Gasteiger partial charge < -0.3 is 10.0 Å². The molecule has 20 heavy (non-hydrogen) atoms. The van der Waals surface area contributed by atoms with E-state index in [-0.39, 0.29) is 5.56 Å². The molecule has 0 radical (unpaired) electrons. The Morgan fingerprint density at radius 3 is 2.70 bits per heavy atom. The highest BCUT2D eigenvalue weighted by Gasteiger charge is 2.22. The Bertz CT molecular complexity index is 652. The van der Waals surface area contributed by atoms with Gasteiger partial charge in [-0.2, -0.15) is 5.10 Å². The molecule has 5 nitrogen and oxygen atoms in total. The molecule has 1 N–H and O–H groups in total. The second-order valence-corrected chi connectivity index (χ2v) is 5.07. The zero-order chi connectivity index (χ0) is 14.9. The van der Waals surface area contributed by atoms with Crippen LogP contribution in [-0.4, -0.2) is 27.9 Å². The van der Waals surface area contributed by atoms with Crippen molar-refractivity contribution in [3.63, 3.8) is 0 Å². The summed E-state index contributed by atoms with van der Waals surface area (Å²) in [6.07, 6.45) is 0. The summed E-state index contributed by atoms with van der Waals surface area (Å²) in [5.41, 5.74) is 1.66. The van der Waals surface area contributed by atoms with E-state index in [0.29, 0.717) is 23.1 Å². The molecule has 0 fully saturated rings. The molecule has 2 rings (SSSR count). The number of benzene rings is 1. The average Bonchev–Trinajstić information content (AvgIpc) is 2.67. The van der Waals surface area contributed by atoms with E-state index in [1.54, 1.807) is 18.7 Å². The lowest BCUT2D eigenvalue weighted by molar-refractivity contribution is 0.0696. The first kappa shape index (κ1) is 14.4. The summed E-state index contributed by atoms with van der Waals surface area (Å²) < 4.78 is 1.58. The first-order valence-corrected chi connectivity index (χ1v) is 6.51. The van der Waals surface area contributed by atoms with Gasteiger partial charge in [0.15, 0.2) is 0 Å². The lowest BCUT2D eigenvalue weighted by atomic mass is 10.2. The topological polar surface area (TPSA) is 58.4 Å². The van der Waals surface area contributed by atoms with Gasteiger partial charge in [0.2, 0.25) is 0 Å². The van der Waals surface area contributed by atoms with Crippen molar-refractivity contribution in [3.05, 3.63) is 46.1 Å². The summed E-state index contributed by atoms with van der Waals surface area (Å²) in [7, 11) is 3.56. The molecule has 0 atom stereocenters. The Labute approximate surface area is 122 Å². The number of aromatic nitrogens is 2. The number of hydrogen-bond donors (Lipinski definition) is 1. The highest BCUT2D eigenvalue weighted by atomic mass is 35.5. The van der Waals surface area contributed by atoms with Gasteiger partial charge in [0.05, 0.1) is 5.69 Å². The molecule has 0 aliphatic carbocycles. The van der Waals surface area contributed by atoms with Crippen molar-refractivity contribution >= 4 is 23.4 Å². The average molecular weight is 294 g/mol. The summed E-state index contributed by atoms with van der Waals surface area (Å²) in [5, 5.41) is 14.2. The number of nitrogens with zero attached hydrogens (tertiary/aromatic N) is 3. The summed E-state index contributed by atoms with van der Waals surface area (Å²) in [6, 6.07) is 7.50. The zero-order valence-electron chi connectivity index (χ0n) is 11.6. The predicted octanol–water partition coefficient (Wildman–Crippen LogP) is 2.72. The van der Waals surface area contributed by atoms with Crippen LogP contribution in [-0.2, 0) is 13.6 Å². The summed E-state index contributed by atoms with van der Waals surface area (Å²) in [5.74, 6) is -0.411. The Morgan fingerprint density at radius 1 is 1.45 bits per heavy atom. The van der Waals surface area contributed by atoms with Gasteiger partial charge in [0.25, 0.3) is 0 Å². The highest BCUT2D eigenvalue weighted by molar-refractivity contribution is 6.31. The van der Waals surface area contributed by atoms with Crippen LogP contribution in [0.3, 0.4) is 0 Å². The summed E-state index contributed by atoms with van der Waals surface area (Å²) >= 11 is 6.14.